The maximum atomic E-state index is 13.0. The molecule has 0 aromatic carbocycles. The van der Waals surface area contributed by atoms with Gasteiger partial charge >= 0.3 is 0 Å². The van der Waals surface area contributed by atoms with Gasteiger partial charge in [-0.25, -0.2) is 0 Å². The number of amides is 2. The SMILES string of the molecule is NC(=O)COCC1CN(C(=O)C2CCCCCC2)CC1c1ccccn1. The fourth-order valence-corrected chi connectivity index (χ4v) is 4.25. The second-order valence-corrected chi connectivity index (χ2v) is 7.53. The minimum absolute atomic E-state index is 0.0813. The smallest absolute Gasteiger partial charge is 0.243 e. The number of aromatic nitrogens is 1. The molecule has 0 radical (unpaired) electrons. The number of primary amides is 1. The summed E-state index contributed by atoms with van der Waals surface area (Å²) >= 11 is 0. The van der Waals surface area contributed by atoms with Crippen molar-refractivity contribution in [2.24, 2.45) is 17.6 Å². The minimum atomic E-state index is -0.469. The monoisotopic (exact) mass is 359 g/mol. The van der Waals surface area contributed by atoms with Gasteiger partial charge in [0.25, 0.3) is 0 Å². The summed E-state index contributed by atoms with van der Waals surface area (Å²) in [6, 6.07) is 5.87. The molecule has 6 nitrogen and oxygen atoms in total. The van der Waals surface area contributed by atoms with Crippen molar-refractivity contribution in [1.82, 2.24) is 9.88 Å². The zero-order valence-electron chi connectivity index (χ0n) is 15.3. The largest absolute Gasteiger partial charge is 0.371 e. The Hall–Kier alpha value is -1.95. The van der Waals surface area contributed by atoms with Gasteiger partial charge in [-0.2, -0.15) is 0 Å². The maximum Gasteiger partial charge on any atom is 0.243 e. The van der Waals surface area contributed by atoms with Crippen LogP contribution in [0, 0.1) is 11.8 Å². The summed E-state index contributed by atoms with van der Waals surface area (Å²) in [6.07, 6.45) is 8.58. The number of ether oxygens (including phenoxy) is 1. The first-order chi connectivity index (χ1) is 12.6. The molecule has 1 saturated heterocycles. The Balaban J connectivity index is 1.68. The van der Waals surface area contributed by atoms with Crippen molar-refractivity contribution >= 4 is 11.8 Å². The van der Waals surface area contributed by atoms with Crippen molar-refractivity contribution < 1.29 is 14.3 Å². The van der Waals surface area contributed by atoms with Gasteiger partial charge in [-0.05, 0) is 25.0 Å². The third-order valence-corrected chi connectivity index (χ3v) is 5.60. The van der Waals surface area contributed by atoms with Gasteiger partial charge in [0, 0.05) is 42.7 Å². The zero-order valence-corrected chi connectivity index (χ0v) is 15.3. The minimum Gasteiger partial charge on any atom is -0.371 e. The molecular weight excluding hydrogens is 330 g/mol. The van der Waals surface area contributed by atoms with Crippen molar-refractivity contribution in [2.75, 3.05) is 26.3 Å². The molecule has 0 bridgehead atoms. The van der Waals surface area contributed by atoms with E-state index in [1.54, 1.807) is 6.20 Å². The van der Waals surface area contributed by atoms with Gasteiger partial charge in [-0.3, -0.25) is 14.6 Å². The lowest BCUT2D eigenvalue weighted by Crippen LogP contribution is -2.35. The lowest BCUT2D eigenvalue weighted by molar-refractivity contribution is -0.135. The molecule has 2 fully saturated rings. The van der Waals surface area contributed by atoms with Gasteiger partial charge < -0.3 is 15.4 Å². The first-order valence-electron chi connectivity index (χ1n) is 9.71. The van der Waals surface area contributed by atoms with Crippen LogP contribution < -0.4 is 5.73 Å². The highest BCUT2D eigenvalue weighted by Crippen LogP contribution is 2.34. The van der Waals surface area contributed by atoms with Crippen LogP contribution in [0.2, 0.25) is 0 Å². The molecule has 2 amide bonds. The van der Waals surface area contributed by atoms with Crippen LogP contribution in [0.3, 0.4) is 0 Å². The first kappa shape index (κ1) is 18.8. The second-order valence-electron chi connectivity index (χ2n) is 7.53. The highest BCUT2D eigenvalue weighted by Gasteiger charge is 2.38. The molecule has 6 heteroatoms. The van der Waals surface area contributed by atoms with Crippen molar-refractivity contribution in [1.29, 1.82) is 0 Å². The fraction of sp³-hybridized carbons (Fsp3) is 0.650. The van der Waals surface area contributed by atoms with E-state index in [0.717, 1.165) is 31.4 Å². The predicted molar refractivity (Wildman–Crippen MR) is 98.3 cm³/mol. The van der Waals surface area contributed by atoms with Crippen molar-refractivity contribution in [3.63, 3.8) is 0 Å². The molecule has 1 aliphatic carbocycles. The summed E-state index contributed by atoms with van der Waals surface area (Å²) < 4.78 is 5.48. The van der Waals surface area contributed by atoms with Crippen LogP contribution >= 0.6 is 0 Å². The highest BCUT2D eigenvalue weighted by molar-refractivity contribution is 5.79. The normalized spacial score (nSPS) is 24.4. The van der Waals surface area contributed by atoms with Crippen LogP contribution in [0.5, 0.6) is 0 Å². The zero-order chi connectivity index (χ0) is 18.4. The van der Waals surface area contributed by atoms with E-state index in [9.17, 15) is 9.59 Å². The number of likely N-dealkylation sites (tertiary alicyclic amines) is 1. The average molecular weight is 359 g/mol. The molecule has 2 atom stereocenters. The second kappa shape index (κ2) is 9.12. The van der Waals surface area contributed by atoms with Crippen LogP contribution in [-0.2, 0) is 14.3 Å². The lowest BCUT2D eigenvalue weighted by Gasteiger charge is -2.22. The Labute approximate surface area is 155 Å². The molecule has 26 heavy (non-hydrogen) atoms. The molecule has 2 aliphatic rings. The van der Waals surface area contributed by atoms with E-state index >= 15 is 0 Å². The number of nitrogens with two attached hydrogens (primary N) is 1. The molecule has 0 spiro atoms. The van der Waals surface area contributed by atoms with Crippen LogP contribution in [-0.4, -0.2) is 48.0 Å². The molecule has 1 aliphatic heterocycles. The highest BCUT2D eigenvalue weighted by atomic mass is 16.5. The van der Waals surface area contributed by atoms with Gasteiger partial charge in [0.2, 0.25) is 11.8 Å². The molecular formula is C20H29N3O3. The molecule has 1 saturated carbocycles. The van der Waals surface area contributed by atoms with Crippen molar-refractivity contribution in [3.8, 4) is 0 Å². The van der Waals surface area contributed by atoms with Crippen molar-refractivity contribution in [3.05, 3.63) is 30.1 Å². The third kappa shape index (κ3) is 4.81. The summed E-state index contributed by atoms with van der Waals surface area (Å²) in [5, 5.41) is 0. The number of carbonyl (C=O) groups is 2. The van der Waals surface area contributed by atoms with Gasteiger partial charge in [-0.1, -0.05) is 31.7 Å². The van der Waals surface area contributed by atoms with E-state index in [-0.39, 0.29) is 30.3 Å². The quantitative estimate of drug-likeness (QED) is 0.788. The summed E-state index contributed by atoms with van der Waals surface area (Å²) in [4.78, 5) is 30.5. The van der Waals surface area contributed by atoms with Crippen LogP contribution in [0.25, 0.3) is 0 Å². The molecule has 3 rings (SSSR count). The van der Waals surface area contributed by atoms with Gasteiger partial charge in [0.05, 0.1) is 6.61 Å². The maximum absolute atomic E-state index is 13.0. The standard InChI is InChI=1S/C20H29N3O3/c21-19(24)14-26-13-16-11-23(12-17(16)18-9-5-6-10-22-18)20(25)15-7-3-1-2-4-8-15/h5-6,9-10,15-17H,1-4,7-8,11-14H2,(H2,21,24). The van der Waals surface area contributed by atoms with Gasteiger partial charge in [0.1, 0.15) is 6.61 Å². The number of pyridine rings is 1. The molecule has 2 unspecified atom stereocenters. The van der Waals surface area contributed by atoms with Crippen LogP contribution in [0.15, 0.2) is 24.4 Å². The van der Waals surface area contributed by atoms with E-state index in [1.807, 2.05) is 23.1 Å². The molecule has 1 aromatic rings. The van der Waals surface area contributed by atoms with E-state index in [2.05, 4.69) is 4.98 Å². The molecule has 142 valence electrons. The summed E-state index contributed by atoms with van der Waals surface area (Å²) in [5.41, 5.74) is 6.15. The van der Waals surface area contributed by atoms with Crippen LogP contribution in [0.1, 0.15) is 50.1 Å². The average Bonchev–Trinajstić information content (AvgIpc) is 2.87. The molecule has 2 N–H and O–H groups in total. The van der Waals surface area contributed by atoms with Crippen LogP contribution in [0.4, 0.5) is 0 Å². The van der Waals surface area contributed by atoms with Gasteiger partial charge in [-0.15, -0.1) is 0 Å². The number of carbonyl (C=O) groups excluding carboxylic acids is 2. The summed E-state index contributed by atoms with van der Waals surface area (Å²) in [7, 11) is 0. The van der Waals surface area contributed by atoms with Gasteiger partial charge in [0.15, 0.2) is 0 Å². The Morgan fingerprint density at radius 1 is 1.15 bits per heavy atom. The Morgan fingerprint density at radius 2 is 1.92 bits per heavy atom. The Kier molecular flexibility index (Phi) is 6.61. The topological polar surface area (TPSA) is 85.5 Å². The third-order valence-electron chi connectivity index (χ3n) is 5.60. The van der Waals surface area contributed by atoms with E-state index in [1.165, 1.54) is 12.8 Å². The number of nitrogens with zero attached hydrogens (tertiary/aromatic N) is 2. The van der Waals surface area contributed by atoms with Crippen molar-refractivity contribution in [2.45, 2.75) is 44.4 Å². The lowest BCUT2D eigenvalue weighted by atomic mass is 9.93. The number of rotatable bonds is 6. The van der Waals surface area contributed by atoms with E-state index < -0.39 is 5.91 Å². The number of hydrogen-bond donors (Lipinski definition) is 1. The molecule has 2 heterocycles. The summed E-state index contributed by atoms with van der Waals surface area (Å²) in [5.74, 6) is 0.249. The fourth-order valence-electron chi connectivity index (χ4n) is 4.25. The first-order valence-corrected chi connectivity index (χ1v) is 9.71. The van der Waals surface area contributed by atoms with E-state index in [4.69, 9.17) is 10.5 Å². The Morgan fingerprint density at radius 3 is 2.58 bits per heavy atom. The Bertz CT molecular complexity index is 600. The van der Waals surface area contributed by atoms with E-state index in [0.29, 0.717) is 19.7 Å². The summed E-state index contributed by atoms with van der Waals surface area (Å²) in [6.45, 7) is 1.67. The molecule has 1 aromatic heterocycles. The predicted octanol–water partition coefficient (Wildman–Crippen LogP) is 2.10. The number of hydrogen-bond acceptors (Lipinski definition) is 4.